The van der Waals surface area contributed by atoms with Gasteiger partial charge in [0.1, 0.15) is 17.6 Å². The minimum Gasteiger partial charge on any atom is -0.487 e. The average molecular weight is 542 g/mol. The molecule has 2 fully saturated rings. The van der Waals surface area contributed by atoms with Gasteiger partial charge in [-0.3, -0.25) is 9.98 Å². The van der Waals surface area contributed by atoms with Crippen molar-refractivity contribution < 1.29 is 14.2 Å². The molecule has 1 saturated carbocycles. The maximum Gasteiger partial charge on any atom is 0.227 e. The summed E-state index contributed by atoms with van der Waals surface area (Å²) in [5, 5.41) is 3.69. The summed E-state index contributed by atoms with van der Waals surface area (Å²) >= 11 is 6.34. The van der Waals surface area contributed by atoms with Crippen LogP contribution in [0, 0.1) is 5.92 Å². The van der Waals surface area contributed by atoms with E-state index in [1.807, 2.05) is 19.1 Å². The van der Waals surface area contributed by atoms with Gasteiger partial charge in [0.15, 0.2) is 0 Å². The maximum absolute atomic E-state index is 6.34. The van der Waals surface area contributed by atoms with E-state index in [1.54, 1.807) is 24.7 Å². The van der Waals surface area contributed by atoms with Crippen LogP contribution in [0.4, 0.5) is 5.95 Å². The summed E-state index contributed by atoms with van der Waals surface area (Å²) in [7, 11) is 0. The number of nitrogens with one attached hydrogen (secondary N) is 1. The zero-order valence-electron chi connectivity index (χ0n) is 21.7. The summed E-state index contributed by atoms with van der Waals surface area (Å²) in [5.74, 6) is 1.55. The Balaban J connectivity index is 1.46. The number of benzene rings is 1. The van der Waals surface area contributed by atoms with Gasteiger partial charge in [0, 0.05) is 23.9 Å². The van der Waals surface area contributed by atoms with Crippen LogP contribution in [0.25, 0.3) is 11.1 Å². The van der Waals surface area contributed by atoms with Gasteiger partial charge in [0.25, 0.3) is 0 Å². The summed E-state index contributed by atoms with van der Waals surface area (Å²) < 4.78 is 17.0. The summed E-state index contributed by atoms with van der Waals surface area (Å²) in [6.07, 6.45) is 12.1. The van der Waals surface area contributed by atoms with E-state index in [9.17, 15) is 0 Å². The summed E-state index contributed by atoms with van der Waals surface area (Å²) in [6, 6.07) is 5.82. The molecule has 2 aliphatic rings. The number of hydrogen-bond acceptors (Lipinski definition) is 9. The van der Waals surface area contributed by atoms with Crippen LogP contribution in [-0.4, -0.2) is 61.0 Å². The average Bonchev–Trinajstić information content (AvgIpc) is 2.91. The van der Waals surface area contributed by atoms with Crippen molar-refractivity contribution in [1.29, 1.82) is 0 Å². The molecule has 10 nitrogen and oxygen atoms in total. The van der Waals surface area contributed by atoms with Crippen molar-refractivity contribution in [2.24, 2.45) is 27.4 Å². The number of ether oxygens (including phenoxy) is 3. The van der Waals surface area contributed by atoms with E-state index < -0.39 is 0 Å². The Labute approximate surface area is 228 Å². The number of halogens is 1. The van der Waals surface area contributed by atoms with Gasteiger partial charge in [0.2, 0.25) is 11.8 Å². The number of nitrogens with two attached hydrogens (primary N) is 2. The third-order valence-corrected chi connectivity index (χ3v) is 6.71. The zero-order valence-corrected chi connectivity index (χ0v) is 22.4. The number of rotatable bonds is 12. The van der Waals surface area contributed by atoms with E-state index in [0.29, 0.717) is 60.7 Å². The molecule has 0 bridgehead atoms. The van der Waals surface area contributed by atoms with Crippen molar-refractivity contribution in [3.63, 3.8) is 0 Å². The SMILES string of the molecule is C[C@@H](CN=CN)Oc1cc(-c2cnc(NC(C=NC3CCCCC3)=C(N)OCC3COC3)nc2)ccc1Cl. The van der Waals surface area contributed by atoms with Crippen LogP contribution >= 0.6 is 11.6 Å². The number of allylic oxidation sites excluding steroid dienone is 1. The molecule has 2 aromatic rings. The lowest BCUT2D eigenvalue weighted by Crippen LogP contribution is -2.32. The molecule has 5 N–H and O–H groups in total. The first-order valence-electron chi connectivity index (χ1n) is 13.0. The molecular formula is C27H36ClN7O3. The second kappa shape index (κ2) is 14.0. The van der Waals surface area contributed by atoms with Gasteiger partial charge < -0.3 is 31.0 Å². The second-order valence-corrected chi connectivity index (χ2v) is 9.98. The van der Waals surface area contributed by atoms with E-state index in [2.05, 4.69) is 20.3 Å². The number of aromatic nitrogens is 2. The fourth-order valence-electron chi connectivity index (χ4n) is 4.13. The number of hydrogen-bond donors (Lipinski definition) is 3. The molecule has 38 heavy (non-hydrogen) atoms. The van der Waals surface area contributed by atoms with Crippen molar-refractivity contribution in [2.75, 3.05) is 31.7 Å². The van der Waals surface area contributed by atoms with Crippen molar-refractivity contribution in [1.82, 2.24) is 9.97 Å². The highest BCUT2D eigenvalue weighted by Gasteiger charge is 2.20. The molecule has 1 saturated heterocycles. The topological polar surface area (TPSA) is 142 Å². The summed E-state index contributed by atoms with van der Waals surface area (Å²) in [4.78, 5) is 17.8. The van der Waals surface area contributed by atoms with Gasteiger partial charge in [-0.05, 0) is 37.5 Å². The van der Waals surface area contributed by atoms with Crippen LogP contribution in [0.3, 0.4) is 0 Å². The predicted octanol–water partition coefficient (Wildman–Crippen LogP) is 4.16. The Morgan fingerprint density at radius 3 is 2.66 bits per heavy atom. The molecule has 1 aromatic heterocycles. The minimum absolute atomic E-state index is 0.185. The first-order valence-corrected chi connectivity index (χ1v) is 13.4. The Kier molecular flexibility index (Phi) is 10.2. The zero-order chi connectivity index (χ0) is 26.7. The molecule has 1 atom stereocenters. The molecule has 0 spiro atoms. The van der Waals surface area contributed by atoms with Crippen molar-refractivity contribution in [2.45, 2.75) is 51.2 Å². The third kappa shape index (κ3) is 8.06. The standard InChI is InChI=1S/C27H36ClN7O3/c1-18(10-31-17-29)38-25-9-20(7-8-23(25)28)21-11-33-27(34-12-21)35-24(13-32-22-5-3-2-4-6-22)26(30)37-16-19-14-36-15-19/h7-9,11-13,17-19,22H,2-6,10,14-16,30H2,1H3,(H2,29,31)(H,33,34,35)/t18-/m0/s1. The van der Waals surface area contributed by atoms with Crippen molar-refractivity contribution >= 4 is 30.1 Å². The van der Waals surface area contributed by atoms with E-state index in [1.165, 1.54) is 25.6 Å². The van der Waals surface area contributed by atoms with Crippen LogP contribution in [0.15, 0.2) is 52.2 Å². The highest BCUT2D eigenvalue weighted by molar-refractivity contribution is 6.32. The lowest BCUT2D eigenvalue weighted by atomic mass is 9.96. The molecule has 4 rings (SSSR count). The normalized spacial score (nSPS) is 18.3. The van der Waals surface area contributed by atoms with Crippen LogP contribution in [0.1, 0.15) is 39.0 Å². The third-order valence-electron chi connectivity index (χ3n) is 6.40. The second-order valence-electron chi connectivity index (χ2n) is 9.57. The fraction of sp³-hybridized carbons (Fsp3) is 0.481. The molecule has 0 amide bonds. The summed E-state index contributed by atoms with van der Waals surface area (Å²) in [6.45, 7) is 4.20. The van der Waals surface area contributed by atoms with Gasteiger partial charge in [-0.15, -0.1) is 0 Å². The van der Waals surface area contributed by atoms with E-state index in [0.717, 1.165) is 24.0 Å². The Hall–Kier alpha value is -3.37. The molecular weight excluding hydrogens is 506 g/mol. The lowest BCUT2D eigenvalue weighted by Gasteiger charge is -2.26. The molecule has 0 unspecified atom stereocenters. The maximum atomic E-state index is 6.34. The smallest absolute Gasteiger partial charge is 0.227 e. The molecule has 1 aromatic carbocycles. The number of aliphatic imine (C=N–C) groups is 2. The highest BCUT2D eigenvalue weighted by atomic mass is 35.5. The molecule has 204 valence electrons. The van der Waals surface area contributed by atoms with Crippen molar-refractivity contribution in [3.8, 4) is 16.9 Å². The van der Waals surface area contributed by atoms with Gasteiger partial charge in [-0.1, -0.05) is 36.9 Å². The predicted molar refractivity (Wildman–Crippen MR) is 151 cm³/mol. The van der Waals surface area contributed by atoms with Crippen LogP contribution < -0.4 is 21.5 Å². The number of nitrogens with zero attached hydrogens (tertiary/aromatic N) is 4. The monoisotopic (exact) mass is 541 g/mol. The van der Waals surface area contributed by atoms with E-state index in [4.69, 9.17) is 42.3 Å². The first-order chi connectivity index (χ1) is 18.5. The molecule has 1 aliphatic heterocycles. The molecule has 11 heteroatoms. The van der Waals surface area contributed by atoms with Crippen molar-refractivity contribution in [3.05, 3.63) is 47.2 Å². The largest absolute Gasteiger partial charge is 0.487 e. The number of anilines is 1. The van der Waals surface area contributed by atoms with Crippen LogP contribution in [0.2, 0.25) is 5.02 Å². The van der Waals surface area contributed by atoms with Gasteiger partial charge in [-0.25, -0.2) is 9.97 Å². The molecule has 0 radical (unpaired) electrons. The quantitative estimate of drug-likeness (QED) is 0.206. The summed E-state index contributed by atoms with van der Waals surface area (Å²) in [5.41, 5.74) is 13.8. The van der Waals surface area contributed by atoms with Crippen LogP contribution in [0.5, 0.6) is 5.75 Å². The van der Waals surface area contributed by atoms with Gasteiger partial charge in [0.05, 0.1) is 50.0 Å². The fourth-order valence-corrected chi connectivity index (χ4v) is 4.29. The van der Waals surface area contributed by atoms with E-state index in [-0.39, 0.29) is 12.0 Å². The van der Waals surface area contributed by atoms with Gasteiger partial charge >= 0.3 is 0 Å². The minimum atomic E-state index is -0.185. The Morgan fingerprint density at radius 2 is 1.97 bits per heavy atom. The Bertz CT molecular complexity index is 1130. The van der Waals surface area contributed by atoms with Crippen LogP contribution in [-0.2, 0) is 9.47 Å². The Morgan fingerprint density at radius 1 is 1.21 bits per heavy atom. The molecule has 2 heterocycles. The van der Waals surface area contributed by atoms with E-state index >= 15 is 0 Å². The van der Waals surface area contributed by atoms with Gasteiger partial charge in [-0.2, -0.15) is 0 Å². The lowest BCUT2D eigenvalue weighted by molar-refractivity contribution is -0.0616. The first kappa shape index (κ1) is 27.7. The highest BCUT2D eigenvalue weighted by Crippen LogP contribution is 2.31. The molecule has 1 aliphatic carbocycles.